The summed E-state index contributed by atoms with van der Waals surface area (Å²) in [5, 5.41) is 23.9. The van der Waals surface area contributed by atoms with Gasteiger partial charge in [0.15, 0.2) is 0 Å². The minimum atomic E-state index is -0.672. The van der Waals surface area contributed by atoms with Crippen LogP contribution in [0.4, 0.5) is 5.69 Å². The number of benzene rings is 1. The first-order chi connectivity index (χ1) is 12.8. The summed E-state index contributed by atoms with van der Waals surface area (Å²) in [5.41, 5.74) is 1.12. The maximum absolute atomic E-state index is 12.0. The number of aromatic nitrogens is 2. The third-order valence-corrected chi connectivity index (χ3v) is 4.08. The van der Waals surface area contributed by atoms with E-state index in [0.29, 0.717) is 23.5 Å². The topological polar surface area (TPSA) is 110 Å². The van der Waals surface area contributed by atoms with Crippen LogP contribution in [0.25, 0.3) is 11.5 Å². The van der Waals surface area contributed by atoms with E-state index in [1.54, 1.807) is 18.2 Å². The largest absolute Gasteiger partial charge is 0.490 e. The van der Waals surface area contributed by atoms with Crippen molar-refractivity contribution in [3.05, 3.63) is 24.6 Å². The highest BCUT2D eigenvalue weighted by Gasteiger charge is 2.29. The Morgan fingerprint density at radius 2 is 2.19 bits per heavy atom. The molecule has 1 amide bonds. The number of carbonyl (C=O) groups excluding carboxylic acids is 1. The molecule has 1 heterocycles. The number of aliphatic hydroxyl groups is 1. The number of ether oxygens (including phenoxy) is 1. The van der Waals surface area contributed by atoms with Gasteiger partial charge in [-0.05, 0) is 51.8 Å². The van der Waals surface area contributed by atoms with Crippen molar-refractivity contribution in [2.45, 2.75) is 45.3 Å². The van der Waals surface area contributed by atoms with Gasteiger partial charge in [-0.25, -0.2) is 0 Å². The van der Waals surface area contributed by atoms with Gasteiger partial charge in [0.25, 0.3) is 5.89 Å². The number of aliphatic hydroxyl groups excluding tert-OH is 1. The third-order valence-electron chi connectivity index (χ3n) is 4.08. The lowest BCUT2D eigenvalue weighted by Crippen LogP contribution is -2.42. The summed E-state index contributed by atoms with van der Waals surface area (Å²) in [7, 11) is 0. The predicted molar refractivity (Wildman–Crippen MR) is 100 cm³/mol. The average Bonchev–Trinajstić information content (AvgIpc) is 3.33. The van der Waals surface area contributed by atoms with Gasteiger partial charge >= 0.3 is 0 Å². The molecular formula is C19H26N4O4. The highest BCUT2D eigenvalue weighted by molar-refractivity contribution is 5.94. The summed E-state index contributed by atoms with van der Waals surface area (Å²) in [6.07, 6.45) is 2.43. The van der Waals surface area contributed by atoms with Gasteiger partial charge in [0.05, 0.1) is 5.56 Å². The fourth-order valence-electron chi connectivity index (χ4n) is 2.45. The number of nitrogens with one attached hydrogen (secondary N) is 2. The van der Waals surface area contributed by atoms with Gasteiger partial charge in [-0.1, -0.05) is 0 Å². The van der Waals surface area contributed by atoms with Crippen molar-refractivity contribution in [1.82, 2.24) is 15.5 Å². The van der Waals surface area contributed by atoms with Crippen LogP contribution >= 0.6 is 0 Å². The van der Waals surface area contributed by atoms with Gasteiger partial charge in [-0.3, -0.25) is 4.79 Å². The molecule has 0 bridgehead atoms. The van der Waals surface area contributed by atoms with Crippen LogP contribution in [0.2, 0.25) is 0 Å². The third kappa shape index (κ3) is 5.77. The molecule has 8 nitrogen and oxygen atoms in total. The van der Waals surface area contributed by atoms with Crippen molar-refractivity contribution in [2.75, 3.05) is 18.5 Å². The molecule has 1 aliphatic rings. The van der Waals surface area contributed by atoms with Gasteiger partial charge in [-0.15, -0.1) is 10.2 Å². The van der Waals surface area contributed by atoms with E-state index in [4.69, 9.17) is 9.15 Å². The normalized spacial score (nSPS) is 15.4. The maximum atomic E-state index is 12.0. The first-order valence-corrected chi connectivity index (χ1v) is 9.09. The highest BCUT2D eigenvalue weighted by Crippen LogP contribution is 2.34. The Morgan fingerprint density at radius 3 is 2.81 bits per heavy atom. The number of nitrogens with zero attached hydrogens (tertiary/aromatic N) is 2. The van der Waals surface area contributed by atoms with Gasteiger partial charge in [-0.2, -0.15) is 0 Å². The van der Waals surface area contributed by atoms with Gasteiger partial charge in [0, 0.05) is 23.7 Å². The number of β-amino-alcohol motifs (C(OH)–C–C–N with tert-alkyl or cyclic N) is 1. The molecule has 146 valence electrons. The van der Waals surface area contributed by atoms with E-state index in [0.717, 1.165) is 12.8 Å². The van der Waals surface area contributed by atoms with Gasteiger partial charge in [0.1, 0.15) is 18.5 Å². The molecule has 27 heavy (non-hydrogen) atoms. The Bertz CT molecular complexity index is 767. The molecule has 1 aromatic heterocycles. The molecule has 0 spiro atoms. The quantitative estimate of drug-likeness (QED) is 0.650. The van der Waals surface area contributed by atoms with E-state index in [1.807, 2.05) is 20.8 Å². The van der Waals surface area contributed by atoms with Crippen molar-refractivity contribution >= 4 is 11.6 Å². The number of carbonyl (C=O) groups is 1. The van der Waals surface area contributed by atoms with Crippen LogP contribution in [0.1, 0.15) is 33.6 Å². The van der Waals surface area contributed by atoms with Crippen molar-refractivity contribution in [3.63, 3.8) is 0 Å². The maximum Gasteiger partial charge on any atom is 0.251 e. The van der Waals surface area contributed by atoms with Crippen molar-refractivity contribution in [2.24, 2.45) is 5.92 Å². The molecule has 1 aliphatic carbocycles. The summed E-state index contributed by atoms with van der Waals surface area (Å²) >= 11 is 0. The van der Waals surface area contributed by atoms with Crippen LogP contribution in [-0.4, -0.2) is 46.0 Å². The van der Waals surface area contributed by atoms with E-state index in [2.05, 4.69) is 20.8 Å². The molecule has 1 aromatic carbocycles. The lowest BCUT2D eigenvalue weighted by atomic mass is 10.1. The average molecular weight is 374 g/mol. The number of anilines is 1. The van der Waals surface area contributed by atoms with Crippen LogP contribution in [0.15, 0.2) is 29.0 Å². The van der Waals surface area contributed by atoms with Crippen molar-refractivity contribution in [1.29, 1.82) is 0 Å². The number of hydrogen-bond donors (Lipinski definition) is 3. The zero-order valence-electron chi connectivity index (χ0n) is 15.9. The fourth-order valence-corrected chi connectivity index (χ4v) is 2.45. The number of hydrogen-bond acceptors (Lipinski definition) is 7. The lowest BCUT2D eigenvalue weighted by Gasteiger charge is -2.23. The predicted octanol–water partition coefficient (Wildman–Crippen LogP) is 2.21. The van der Waals surface area contributed by atoms with Crippen LogP contribution in [0, 0.1) is 5.92 Å². The molecule has 1 atom stereocenters. The molecule has 1 fully saturated rings. The number of rotatable bonds is 8. The Labute approximate surface area is 158 Å². The minimum Gasteiger partial charge on any atom is -0.490 e. The smallest absolute Gasteiger partial charge is 0.251 e. The number of amides is 1. The molecule has 0 radical (unpaired) electrons. The van der Waals surface area contributed by atoms with E-state index in [1.165, 1.54) is 6.39 Å². The second kappa shape index (κ2) is 8.06. The molecule has 2 aromatic rings. The highest BCUT2D eigenvalue weighted by atomic mass is 16.5. The van der Waals surface area contributed by atoms with E-state index in [-0.39, 0.29) is 29.9 Å². The van der Waals surface area contributed by atoms with Crippen LogP contribution < -0.4 is 15.4 Å². The molecule has 1 saturated carbocycles. The Kier molecular flexibility index (Phi) is 5.76. The summed E-state index contributed by atoms with van der Waals surface area (Å²) in [5.74, 6) is 0.912. The molecule has 0 aliphatic heterocycles. The SMILES string of the molecule is CC(C)(C)NCC(O)COc1ccc(NC(=O)C2CC2)cc1-c1nnco1. The van der Waals surface area contributed by atoms with Crippen LogP contribution in [-0.2, 0) is 4.79 Å². The zero-order chi connectivity index (χ0) is 19.4. The monoisotopic (exact) mass is 374 g/mol. The Hall–Kier alpha value is -2.45. The van der Waals surface area contributed by atoms with Gasteiger partial charge in [0.2, 0.25) is 12.3 Å². The molecule has 3 rings (SSSR count). The second-order valence-electron chi connectivity index (χ2n) is 7.81. The minimum absolute atomic E-state index is 0.0174. The Balaban J connectivity index is 1.69. The first-order valence-electron chi connectivity index (χ1n) is 9.09. The summed E-state index contributed by atoms with van der Waals surface area (Å²) < 4.78 is 11.1. The van der Waals surface area contributed by atoms with Crippen molar-refractivity contribution < 1.29 is 19.1 Å². The lowest BCUT2D eigenvalue weighted by molar-refractivity contribution is -0.117. The standard InChI is InChI=1S/C19H26N4O4/c1-19(2,3)20-9-14(24)10-26-16-7-6-13(22-17(25)12-4-5-12)8-15(16)18-23-21-11-27-18/h6-8,11-12,14,20,24H,4-5,9-10H2,1-3H3,(H,22,25). The summed E-state index contributed by atoms with van der Waals surface area (Å²) in [6, 6.07) is 5.23. The summed E-state index contributed by atoms with van der Waals surface area (Å²) in [6.45, 7) is 6.61. The zero-order valence-corrected chi connectivity index (χ0v) is 15.9. The van der Waals surface area contributed by atoms with Crippen LogP contribution in [0.3, 0.4) is 0 Å². The second-order valence-corrected chi connectivity index (χ2v) is 7.81. The van der Waals surface area contributed by atoms with Gasteiger partial charge < -0.3 is 24.9 Å². The molecule has 8 heteroatoms. The fraction of sp³-hybridized carbons (Fsp3) is 0.526. The molecular weight excluding hydrogens is 348 g/mol. The van der Waals surface area contributed by atoms with Crippen LogP contribution in [0.5, 0.6) is 5.75 Å². The van der Waals surface area contributed by atoms with E-state index < -0.39 is 6.10 Å². The van der Waals surface area contributed by atoms with E-state index >= 15 is 0 Å². The summed E-state index contributed by atoms with van der Waals surface area (Å²) in [4.78, 5) is 12.0. The Morgan fingerprint density at radius 1 is 1.41 bits per heavy atom. The molecule has 3 N–H and O–H groups in total. The van der Waals surface area contributed by atoms with E-state index in [9.17, 15) is 9.90 Å². The molecule has 0 saturated heterocycles. The molecule has 1 unspecified atom stereocenters. The first kappa shape index (κ1) is 19.3. The van der Waals surface area contributed by atoms with Crippen molar-refractivity contribution in [3.8, 4) is 17.2 Å².